The van der Waals surface area contributed by atoms with Crippen LogP contribution in [0.2, 0.25) is 0 Å². The molecule has 148 valence electrons. The van der Waals surface area contributed by atoms with Gasteiger partial charge in [0, 0.05) is 26.2 Å². The van der Waals surface area contributed by atoms with E-state index in [1.165, 1.54) is 12.1 Å². The number of hydrogen-bond donors (Lipinski definition) is 2. The number of aliphatic imine (C=N–C) groups is 1. The second kappa shape index (κ2) is 9.73. The lowest BCUT2D eigenvalue weighted by atomic mass is 10.3. The monoisotopic (exact) mass is 383 g/mol. The summed E-state index contributed by atoms with van der Waals surface area (Å²) in [7, 11) is 1.73. The van der Waals surface area contributed by atoms with Gasteiger partial charge < -0.3 is 19.9 Å². The molecule has 2 aromatic carbocycles. The van der Waals surface area contributed by atoms with Gasteiger partial charge in [0.25, 0.3) is 0 Å². The standard InChI is InChI=1S/C21H26FN5O/c1-16-26-19-9-3-4-10-20(19)27(16)13-6-11-24-21(23-2)25-12-14-28-18-8-5-7-17(22)15-18/h3-5,7-10,15H,6,11-14H2,1-2H3,(H2,23,24,25). The van der Waals surface area contributed by atoms with Gasteiger partial charge in [-0.15, -0.1) is 0 Å². The number of aromatic nitrogens is 2. The molecular weight excluding hydrogens is 357 g/mol. The van der Waals surface area contributed by atoms with Crippen LogP contribution < -0.4 is 15.4 Å². The topological polar surface area (TPSA) is 63.5 Å². The molecule has 3 aromatic rings. The second-order valence-corrected chi connectivity index (χ2v) is 6.38. The number of fused-ring (bicyclic) bond motifs is 1. The molecule has 0 bridgehead atoms. The normalized spacial score (nSPS) is 11.6. The first-order chi connectivity index (χ1) is 13.7. The van der Waals surface area contributed by atoms with E-state index in [-0.39, 0.29) is 5.82 Å². The van der Waals surface area contributed by atoms with Crippen molar-refractivity contribution in [2.24, 2.45) is 4.99 Å². The van der Waals surface area contributed by atoms with E-state index in [1.807, 2.05) is 25.1 Å². The highest BCUT2D eigenvalue weighted by molar-refractivity contribution is 5.79. The number of imidazole rings is 1. The predicted molar refractivity (Wildman–Crippen MR) is 110 cm³/mol. The van der Waals surface area contributed by atoms with Crippen LogP contribution in [0.1, 0.15) is 12.2 Å². The van der Waals surface area contributed by atoms with Crippen molar-refractivity contribution in [2.75, 3.05) is 26.7 Å². The van der Waals surface area contributed by atoms with Gasteiger partial charge in [-0.05, 0) is 37.6 Å². The first-order valence-electron chi connectivity index (χ1n) is 9.42. The number of guanidine groups is 1. The summed E-state index contributed by atoms with van der Waals surface area (Å²) in [6, 6.07) is 14.3. The summed E-state index contributed by atoms with van der Waals surface area (Å²) in [5.41, 5.74) is 2.20. The van der Waals surface area contributed by atoms with Crippen molar-refractivity contribution in [1.82, 2.24) is 20.2 Å². The summed E-state index contributed by atoms with van der Waals surface area (Å²) in [5, 5.41) is 6.49. The molecule has 28 heavy (non-hydrogen) atoms. The highest BCUT2D eigenvalue weighted by Gasteiger charge is 2.06. The van der Waals surface area contributed by atoms with Crippen LogP contribution in [0.4, 0.5) is 4.39 Å². The SMILES string of the molecule is CN=C(NCCCn1c(C)nc2ccccc21)NCCOc1cccc(F)c1. The molecule has 0 saturated heterocycles. The number of ether oxygens (including phenoxy) is 1. The van der Waals surface area contributed by atoms with Gasteiger partial charge >= 0.3 is 0 Å². The summed E-state index contributed by atoms with van der Waals surface area (Å²) in [4.78, 5) is 8.80. The number of halogens is 1. The molecule has 0 atom stereocenters. The number of rotatable bonds is 8. The largest absolute Gasteiger partial charge is 0.492 e. The average Bonchev–Trinajstić information content (AvgIpc) is 3.02. The maximum atomic E-state index is 13.1. The molecule has 0 aliphatic carbocycles. The first kappa shape index (κ1) is 19.7. The fourth-order valence-corrected chi connectivity index (χ4v) is 3.04. The van der Waals surface area contributed by atoms with Gasteiger partial charge in [0.05, 0.1) is 17.6 Å². The van der Waals surface area contributed by atoms with Crippen molar-refractivity contribution in [3.05, 3.63) is 60.2 Å². The van der Waals surface area contributed by atoms with Crippen LogP contribution in [-0.2, 0) is 6.54 Å². The summed E-state index contributed by atoms with van der Waals surface area (Å²) in [6.45, 7) is 4.70. The Morgan fingerprint density at radius 1 is 1.14 bits per heavy atom. The van der Waals surface area contributed by atoms with Crippen molar-refractivity contribution < 1.29 is 9.13 Å². The zero-order valence-electron chi connectivity index (χ0n) is 16.3. The molecule has 3 rings (SSSR count). The van der Waals surface area contributed by atoms with Crippen LogP contribution in [0.15, 0.2) is 53.5 Å². The minimum atomic E-state index is -0.302. The van der Waals surface area contributed by atoms with Crippen LogP contribution in [0.3, 0.4) is 0 Å². The van der Waals surface area contributed by atoms with Crippen LogP contribution in [0.5, 0.6) is 5.75 Å². The summed E-state index contributed by atoms with van der Waals surface area (Å²) < 4.78 is 20.9. The Balaban J connectivity index is 1.38. The zero-order valence-corrected chi connectivity index (χ0v) is 16.3. The zero-order chi connectivity index (χ0) is 19.8. The van der Waals surface area contributed by atoms with E-state index in [0.29, 0.717) is 18.9 Å². The van der Waals surface area contributed by atoms with Gasteiger partial charge in [-0.2, -0.15) is 0 Å². The molecule has 1 heterocycles. The third-order valence-corrected chi connectivity index (χ3v) is 4.38. The maximum Gasteiger partial charge on any atom is 0.191 e. The third kappa shape index (κ3) is 5.22. The van der Waals surface area contributed by atoms with Gasteiger partial charge in [-0.25, -0.2) is 9.37 Å². The lowest BCUT2D eigenvalue weighted by Crippen LogP contribution is -2.39. The molecular formula is C21H26FN5O. The molecule has 0 aliphatic heterocycles. The number of hydrogen-bond acceptors (Lipinski definition) is 3. The molecule has 6 nitrogen and oxygen atoms in total. The van der Waals surface area contributed by atoms with Crippen molar-refractivity contribution in [2.45, 2.75) is 19.9 Å². The maximum absolute atomic E-state index is 13.1. The van der Waals surface area contributed by atoms with Gasteiger partial charge in [0.2, 0.25) is 0 Å². The van der Waals surface area contributed by atoms with E-state index in [9.17, 15) is 4.39 Å². The van der Waals surface area contributed by atoms with Gasteiger partial charge in [0.15, 0.2) is 5.96 Å². The Labute approximate surface area is 164 Å². The highest BCUT2D eigenvalue weighted by atomic mass is 19.1. The van der Waals surface area contributed by atoms with E-state index in [2.05, 4.69) is 31.2 Å². The predicted octanol–water partition coefficient (Wildman–Crippen LogP) is 3.12. The molecule has 0 aliphatic rings. The second-order valence-electron chi connectivity index (χ2n) is 6.38. The fraction of sp³-hybridized carbons (Fsp3) is 0.333. The molecule has 7 heteroatoms. The highest BCUT2D eigenvalue weighted by Crippen LogP contribution is 2.15. The van der Waals surface area contributed by atoms with Crippen LogP contribution in [0, 0.1) is 12.7 Å². The van der Waals surface area contributed by atoms with Crippen LogP contribution >= 0.6 is 0 Å². The van der Waals surface area contributed by atoms with Gasteiger partial charge in [-0.3, -0.25) is 4.99 Å². The molecule has 1 aromatic heterocycles. The van der Waals surface area contributed by atoms with Crippen molar-refractivity contribution in [1.29, 1.82) is 0 Å². The van der Waals surface area contributed by atoms with E-state index >= 15 is 0 Å². The van der Waals surface area contributed by atoms with Crippen LogP contribution in [0.25, 0.3) is 11.0 Å². The van der Waals surface area contributed by atoms with Gasteiger partial charge in [0.1, 0.15) is 24.0 Å². The lowest BCUT2D eigenvalue weighted by molar-refractivity contribution is 0.320. The average molecular weight is 383 g/mol. The molecule has 2 N–H and O–H groups in total. The minimum absolute atomic E-state index is 0.302. The summed E-state index contributed by atoms with van der Waals surface area (Å²) in [6.07, 6.45) is 0.946. The lowest BCUT2D eigenvalue weighted by Gasteiger charge is -2.13. The number of nitrogens with one attached hydrogen (secondary N) is 2. The van der Waals surface area contributed by atoms with Crippen molar-refractivity contribution in [3.63, 3.8) is 0 Å². The quantitative estimate of drug-likeness (QED) is 0.356. The van der Waals surface area contributed by atoms with E-state index < -0.39 is 0 Å². The van der Waals surface area contributed by atoms with E-state index in [1.54, 1.807) is 19.2 Å². The Morgan fingerprint density at radius 2 is 1.96 bits per heavy atom. The molecule has 0 fully saturated rings. The number of para-hydroxylation sites is 2. The smallest absolute Gasteiger partial charge is 0.191 e. The fourth-order valence-electron chi connectivity index (χ4n) is 3.04. The first-order valence-corrected chi connectivity index (χ1v) is 9.42. The molecule has 0 amide bonds. The van der Waals surface area contributed by atoms with E-state index in [0.717, 1.165) is 42.3 Å². The number of aryl methyl sites for hydroxylation is 2. The van der Waals surface area contributed by atoms with Crippen molar-refractivity contribution >= 4 is 17.0 Å². The Morgan fingerprint density at radius 3 is 2.79 bits per heavy atom. The molecule has 0 saturated carbocycles. The number of benzene rings is 2. The van der Waals surface area contributed by atoms with Crippen molar-refractivity contribution in [3.8, 4) is 5.75 Å². The number of nitrogens with zero attached hydrogens (tertiary/aromatic N) is 3. The Kier molecular flexibility index (Phi) is 6.84. The van der Waals surface area contributed by atoms with E-state index in [4.69, 9.17) is 4.74 Å². The Hall–Kier alpha value is -3.09. The molecule has 0 unspecified atom stereocenters. The Bertz CT molecular complexity index is 937. The summed E-state index contributed by atoms with van der Waals surface area (Å²) in [5.74, 6) is 1.96. The molecule has 0 radical (unpaired) electrons. The van der Waals surface area contributed by atoms with Gasteiger partial charge in [-0.1, -0.05) is 18.2 Å². The third-order valence-electron chi connectivity index (χ3n) is 4.38. The summed E-state index contributed by atoms with van der Waals surface area (Å²) >= 11 is 0. The van der Waals surface area contributed by atoms with Crippen LogP contribution in [-0.4, -0.2) is 42.3 Å². The molecule has 0 spiro atoms. The minimum Gasteiger partial charge on any atom is -0.492 e.